The molecule has 6 rings (SSSR count). The second-order valence-electron chi connectivity index (χ2n) is 9.07. The van der Waals surface area contributed by atoms with Gasteiger partial charge in [0.05, 0.1) is 11.4 Å². The van der Waals surface area contributed by atoms with Crippen molar-refractivity contribution >= 4 is 29.0 Å². The van der Waals surface area contributed by atoms with Crippen molar-refractivity contribution in [3.8, 4) is 11.3 Å². The van der Waals surface area contributed by atoms with Crippen LogP contribution in [0.4, 0.5) is 11.5 Å². The van der Waals surface area contributed by atoms with E-state index in [0.717, 1.165) is 66.6 Å². The van der Waals surface area contributed by atoms with Crippen LogP contribution in [0.3, 0.4) is 0 Å². The molecule has 164 valence electrons. The van der Waals surface area contributed by atoms with Gasteiger partial charge in [-0.1, -0.05) is 17.7 Å². The van der Waals surface area contributed by atoms with Crippen molar-refractivity contribution in [3.05, 3.63) is 59.1 Å². The number of rotatable bonds is 3. The molecule has 7 heteroatoms. The summed E-state index contributed by atoms with van der Waals surface area (Å²) in [7, 11) is 0. The lowest BCUT2D eigenvalue weighted by atomic mass is 9.94. The zero-order valence-corrected chi connectivity index (χ0v) is 18.7. The van der Waals surface area contributed by atoms with Gasteiger partial charge in [-0.05, 0) is 56.0 Å². The molecule has 2 fully saturated rings. The van der Waals surface area contributed by atoms with E-state index in [9.17, 15) is 4.79 Å². The molecular formula is C25H26ClN5O. The van der Waals surface area contributed by atoms with Gasteiger partial charge in [0, 0.05) is 60.4 Å². The molecule has 6 nitrogen and oxygen atoms in total. The molecule has 1 N–H and O–H groups in total. The summed E-state index contributed by atoms with van der Waals surface area (Å²) in [5, 5.41) is 0.670. The number of hydrogen-bond donors (Lipinski definition) is 1. The zero-order valence-electron chi connectivity index (χ0n) is 17.9. The quantitative estimate of drug-likeness (QED) is 0.625. The minimum absolute atomic E-state index is 0.0184. The van der Waals surface area contributed by atoms with Crippen LogP contribution in [-0.4, -0.2) is 40.5 Å². The van der Waals surface area contributed by atoms with Crippen molar-refractivity contribution in [3.63, 3.8) is 0 Å². The number of fused-ring (bicyclic) bond motifs is 3. The largest absolute Gasteiger partial charge is 0.357 e. The number of amides is 1. The SMILES string of the molecule is O=C(C1CCN(c2ccccn2)CC1)N1CCc2[nH]c(C3CC3)nc2-c2cc(Cl)ccc21. The average Bonchev–Trinajstić information content (AvgIpc) is 3.62. The third-order valence-corrected chi connectivity index (χ3v) is 7.17. The van der Waals surface area contributed by atoms with Crippen molar-refractivity contribution in [2.24, 2.45) is 5.92 Å². The number of benzene rings is 1. The second kappa shape index (κ2) is 7.93. The number of nitrogens with zero attached hydrogens (tertiary/aromatic N) is 4. The third kappa shape index (κ3) is 3.56. The molecule has 32 heavy (non-hydrogen) atoms. The first kappa shape index (κ1) is 19.8. The number of pyridine rings is 1. The van der Waals surface area contributed by atoms with Crippen molar-refractivity contribution in [2.45, 2.75) is 38.0 Å². The molecular weight excluding hydrogens is 422 g/mol. The number of nitrogens with one attached hydrogen (secondary N) is 1. The predicted octanol–water partition coefficient (Wildman–Crippen LogP) is 4.81. The van der Waals surface area contributed by atoms with Crippen LogP contribution < -0.4 is 9.80 Å². The number of imidazole rings is 1. The van der Waals surface area contributed by atoms with Crippen molar-refractivity contribution in [1.82, 2.24) is 15.0 Å². The summed E-state index contributed by atoms with van der Waals surface area (Å²) < 4.78 is 0. The molecule has 1 saturated carbocycles. The second-order valence-corrected chi connectivity index (χ2v) is 9.51. The Morgan fingerprint density at radius 2 is 1.91 bits per heavy atom. The number of hydrogen-bond acceptors (Lipinski definition) is 4. The summed E-state index contributed by atoms with van der Waals surface area (Å²) in [6.45, 7) is 2.35. The number of aromatic amines is 1. The maximum Gasteiger partial charge on any atom is 0.230 e. The molecule has 1 saturated heterocycles. The van der Waals surface area contributed by atoms with Gasteiger partial charge in [0.2, 0.25) is 5.91 Å². The molecule has 1 aromatic carbocycles. The number of aromatic nitrogens is 3. The Morgan fingerprint density at radius 3 is 2.66 bits per heavy atom. The van der Waals surface area contributed by atoms with Gasteiger partial charge in [-0.2, -0.15) is 0 Å². The molecule has 0 atom stereocenters. The fourth-order valence-electron chi connectivity index (χ4n) is 5.01. The summed E-state index contributed by atoms with van der Waals surface area (Å²) in [6, 6.07) is 11.8. The summed E-state index contributed by atoms with van der Waals surface area (Å²) in [4.78, 5) is 30.9. The minimum atomic E-state index is 0.0184. The van der Waals surface area contributed by atoms with Crippen LogP contribution in [0, 0.1) is 5.92 Å². The van der Waals surface area contributed by atoms with E-state index in [4.69, 9.17) is 16.6 Å². The van der Waals surface area contributed by atoms with E-state index in [1.54, 1.807) is 0 Å². The van der Waals surface area contributed by atoms with E-state index < -0.39 is 0 Å². The molecule has 0 unspecified atom stereocenters. The molecule has 2 aromatic heterocycles. The first-order chi connectivity index (χ1) is 15.7. The number of halogens is 1. The Balaban J connectivity index is 1.25. The molecule has 3 aromatic rings. The van der Waals surface area contributed by atoms with Crippen LogP contribution >= 0.6 is 11.6 Å². The van der Waals surface area contributed by atoms with Crippen LogP contribution in [0.5, 0.6) is 0 Å². The molecule has 0 radical (unpaired) electrons. The maximum absolute atomic E-state index is 13.7. The maximum atomic E-state index is 13.7. The smallest absolute Gasteiger partial charge is 0.230 e. The number of anilines is 2. The van der Waals surface area contributed by atoms with E-state index in [2.05, 4.69) is 14.9 Å². The zero-order chi connectivity index (χ0) is 21.7. The van der Waals surface area contributed by atoms with Crippen molar-refractivity contribution in [2.75, 3.05) is 29.4 Å². The molecule has 1 amide bonds. The molecule has 0 bridgehead atoms. The fraction of sp³-hybridized carbons (Fsp3) is 0.400. The molecule has 2 aliphatic heterocycles. The monoisotopic (exact) mass is 447 g/mol. The highest BCUT2D eigenvalue weighted by Gasteiger charge is 2.34. The van der Waals surface area contributed by atoms with Gasteiger partial charge in [-0.3, -0.25) is 4.79 Å². The van der Waals surface area contributed by atoms with Gasteiger partial charge in [-0.25, -0.2) is 9.97 Å². The van der Waals surface area contributed by atoms with E-state index in [1.807, 2.05) is 47.5 Å². The van der Waals surface area contributed by atoms with E-state index in [1.165, 1.54) is 12.8 Å². The molecule has 1 aliphatic carbocycles. The first-order valence-corrected chi connectivity index (χ1v) is 11.9. The van der Waals surface area contributed by atoms with Crippen LogP contribution in [0.15, 0.2) is 42.6 Å². The van der Waals surface area contributed by atoms with Gasteiger partial charge < -0.3 is 14.8 Å². The lowest BCUT2D eigenvalue weighted by molar-refractivity contribution is -0.123. The summed E-state index contributed by atoms with van der Waals surface area (Å²) in [5.41, 5.74) is 3.98. The third-order valence-electron chi connectivity index (χ3n) is 6.93. The highest BCUT2D eigenvalue weighted by atomic mass is 35.5. The Bertz CT molecular complexity index is 1150. The number of H-pyrrole nitrogens is 1. The number of carbonyl (C=O) groups excluding carboxylic acids is 1. The van der Waals surface area contributed by atoms with Crippen molar-refractivity contribution < 1.29 is 4.79 Å². The first-order valence-electron chi connectivity index (χ1n) is 11.5. The van der Waals surface area contributed by atoms with Crippen molar-refractivity contribution in [1.29, 1.82) is 0 Å². The summed E-state index contributed by atoms with van der Waals surface area (Å²) in [6.07, 6.45) is 6.69. The highest BCUT2D eigenvalue weighted by Crippen LogP contribution is 2.43. The van der Waals surface area contributed by atoms with E-state index >= 15 is 0 Å². The highest BCUT2D eigenvalue weighted by molar-refractivity contribution is 6.31. The topological polar surface area (TPSA) is 65.1 Å². The van der Waals surface area contributed by atoms with Gasteiger partial charge in [-0.15, -0.1) is 0 Å². The number of piperidine rings is 1. The predicted molar refractivity (Wildman–Crippen MR) is 126 cm³/mol. The van der Waals surface area contributed by atoms with Gasteiger partial charge in [0.25, 0.3) is 0 Å². The lowest BCUT2D eigenvalue weighted by Gasteiger charge is -2.35. The standard InChI is InChI=1S/C25H26ClN5O/c26-18-6-7-21-19(15-18)23-20(28-24(29-23)16-4-5-16)10-14-31(21)25(32)17-8-12-30(13-9-17)22-3-1-2-11-27-22/h1-3,6-7,11,15-17H,4-5,8-10,12-14H2,(H,28,29). The van der Waals surface area contributed by atoms with Crippen LogP contribution in [0.1, 0.15) is 43.1 Å². The van der Waals surface area contributed by atoms with E-state index in [0.29, 0.717) is 17.5 Å². The normalized spacial score (nSPS) is 18.8. The molecule has 3 aliphatic rings. The van der Waals surface area contributed by atoms with Crippen LogP contribution in [0.25, 0.3) is 11.3 Å². The van der Waals surface area contributed by atoms with Gasteiger partial charge in [0.15, 0.2) is 0 Å². The Morgan fingerprint density at radius 1 is 1.06 bits per heavy atom. The Kier molecular flexibility index (Phi) is 4.90. The Labute approximate surface area is 192 Å². The molecule has 0 spiro atoms. The van der Waals surface area contributed by atoms with Crippen LogP contribution in [-0.2, 0) is 11.2 Å². The fourth-order valence-corrected chi connectivity index (χ4v) is 5.18. The summed E-state index contributed by atoms with van der Waals surface area (Å²) in [5.74, 6) is 2.87. The molecule has 4 heterocycles. The number of carbonyl (C=O) groups is 1. The van der Waals surface area contributed by atoms with Gasteiger partial charge in [0.1, 0.15) is 11.6 Å². The van der Waals surface area contributed by atoms with Crippen LogP contribution in [0.2, 0.25) is 5.02 Å². The van der Waals surface area contributed by atoms with Gasteiger partial charge >= 0.3 is 0 Å². The summed E-state index contributed by atoms with van der Waals surface area (Å²) >= 11 is 6.38. The lowest BCUT2D eigenvalue weighted by Crippen LogP contribution is -2.43. The van der Waals surface area contributed by atoms with E-state index in [-0.39, 0.29) is 11.8 Å². The average molecular weight is 448 g/mol. The minimum Gasteiger partial charge on any atom is -0.357 e. The Hall–Kier alpha value is -2.86.